The quantitative estimate of drug-likeness (QED) is 0.859. The van der Waals surface area contributed by atoms with Crippen LogP contribution in [-0.2, 0) is 4.79 Å². The van der Waals surface area contributed by atoms with Crippen LogP contribution in [0.5, 0.6) is 0 Å². The van der Waals surface area contributed by atoms with Gasteiger partial charge in [0.25, 0.3) is 0 Å². The van der Waals surface area contributed by atoms with E-state index in [1.165, 1.54) is 5.56 Å². The summed E-state index contributed by atoms with van der Waals surface area (Å²) in [6.07, 6.45) is 0. The lowest BCUT2D eigenvalue weighted by Crippen LogP contribution is -2.19. The second-order valence-electron chi connectivity index (χ2n) is 5.04. The average Bonchev–Trinajstić information content (AvgIpc) is 2.44. The summed E-state index contributed by atoms with van der Waals surface area (Å²) < 4.78 is 0.911. The van der Waals surface area contributed by atoms with Crippen molar-refractivity contribution in [2.45, 2.75) is 26.7 Å². The highest BCUT2D eigenvalue weighted by molar-refractivity contribution is 9.10. The fraction of sp³-hybridized carbons (Fsp3) is 0.235. The Balaban J connectivity index is 2.18. The first-order valence-electron chi connectivity index (χ1n) is 6.61. The van der Waals surface area contributed by atoms with Crippen LogP contribution in [0.25, 0.3) is 0 Å². The van der Waals surface area contributed by atoms with Crippen LogP contribution in [0.2, 0.25) is 0 Å². The van der Waals surface area contributed by atoms with Crippen LogP contribution in [0, 0.1) is 13.8 Å². The van der Waals surface area contributed by atoms with Crippen molar-refractivity contribution in [2.24, 2.45) is 0 Å². The molecule has 0 heterocycles. The zero-order valence-corrected chi connectivity index (χ0v) is 13.5. The van der Waals surface area contributed by atoms with E-state index in [1.54, 1.807) is 0 Å². The highest BCUT2D eigenvalue weighted by atomic mass is 79.9. The number of rotatable bonds is 3. The standard InChI is InChI=1S/C17H18BrNO/c1-11-9-15(18)16(10-12(11)2)19-17(20)13(3)14-7-5-4-6-8-14/h4-10,13H,1-3H3,(H,19,20). The van der Waals surface area contributed by atoms with Crippen molar-refractivity contribution < 1.29 is 4.79 Å². The number of halogens is 1. The predicted octanol–water partition coefficient (Wildman–Crippen LogP) is 4.81. The Labute approximate surface area is 128 Å². The first-order valence-corrected chi connectivity index (χ1v) is 7.41. The number of hydrogen-bond donors (Lipinski definition) is 1. The molecule has 2 aromatic carbocycles. The Bertz CT molecular complexity index is 622. The molecule has 3 heteroatoms. The maximum absolute atomic E-state index is 12.3. The highest BCUT2D eigenvalue weighted by Gasteiger charge is 2.16. The molecule has 2 aromatic rings. The van der Waals surface area contributed by atoms with Gasteiger partial charge in [-0.05, 0) is 65.5 Å². The lowest BCUT2D eigenvalue weighted by Gasteiger charge is -2.15. The highest BCUT2D eigenvalue weighted by Crippen LogP contribution is 2.27. The van der Waals surface area contributed by atoms with E-state index in [0.717, 1.165) is 21.3 Å². The molecular weight excluding hydrogens is 314 g/mol. The van der Waals surface area contributed by atoms with Gasteiger partial charge in [0.2, 0.25) is 5.91 Å². The molecular formula is C17H18BrNO. The van der Waals surface area contributed by atoms with Crippen molar-refractivity contribution in [1.82, 2.24) is 0 Å². The summed E-state index contributed by atoms with van der Waals surface area (Å²) in [5.74, 6) is -0.176. The minimum atomic E-state index is -0.176. The van der Waals surface area contributed by atoms with Crippen molar-refractivity contribution in [3.63, 3.8) is 0 Å². The largest absolute Gasteiger partial charge is 0.325 e. The van der Waals surface area contributed by atoms with Gasteiger partial charge in [-0.2, -0.15) is 0 Å². The Morgan fingerprint density at radius 1 is 1.10 bits per heavy atom. The number of benzene rings is 2. The molecule has 0 radical (unpaired) electrons. The van der Waals surface area contributed by atoms with Crippen LogP contribution in [-0.4, -0.2) is 5.91 Å². The Kier molecular flexibility index (Phi) is 4.61. The van der Waals surface area contributed by atoms with Crippen molar-refractivity contribution >= 4 is 27.5 Å². The minimum Gasteiger partial charge on any atom is -0.325 e. The molecule has 1 atom stereocenters. The van der Waals surface area contributed by atoms with Gasteiger partial charge in [0, 0.05) is 4.47 Å². The molecule has 0 saturated carbocycles. The van der Waals surface area contributed by atoms with Crippen molar-refractivity contribution in [3.05, 3.63) is 63.6 Å². The van der Waals surface area contributed by atoms with Gasteiger partial charge in [-0.25, -0.2) is 0 Å². The maximum atomic E-state index is 12.3. The summed E-state index contributed by atoms with van der Waals surface area (Å²) in [5, 5.41) is 2.99. The van der Waals surface area contributed by atoms with Gasteiger partial charge in [0.05, 0.1) is 11.6 Å². The van der Waals surface area contributed by atoms with E-state index in [2.05, 4.69) is 28.2 Å². The van der Waals surface area contributed by atoms with Crippen LogP contribution in [0.4, 0.5) is 5.69 Å². The van der Waals surface area contributed by atoms with Gasteiger partial charge in [-0.3, -0.25) is 4.79 Å². The predicted molar refractivity (Wildman–Crippen MR) is 87.1 cm³/mol. The molecule has 1 unspecified atom stereocenters. The van der Waals surface area contributed by atoms with E-state index in [9.17, 15) is 4.79 Å². The fourth-order valence-electron chi connectivity index (χ4n) is 2.01. The Morgan fingerprint density at radius 2 is 1.70 bits per heavy atom. The third-order valence-electron chi connectivity index (χ3n) is 3.53. The monoisotopic (exact) mass is 331 g/mol. The Hall–Kier alpha value is -1.61. The molecule has 20 heavy (non-hydrogen) atoms. The lowest BCUT2D eigenvalue weighted by molar-refractivity contribution is -0.117. The molecule has 0 aromatic heterocycles. The van der Waals surface area contributed by atoms with E-state index in [4.69, 9.17) is 0 Å². The first kappa shape index (κ1) is 14.8. The minimum absolute atomic E-state index is 0.000142. The number of amides is 1. The van der Waals surface area contributed by atoms with Crippen LogP contribution in [0.3, 0.4) is 0 Å². The molecule has 1 amide bonds. The van der Waals surface area contributed by atoms with E-state index >= 15 is 0 Å². The number of anilines is 1. The zero-order chi connectivity index (χ0) is 14.7. The smallest absolute Gasteiger partial charge is 0.231 e. The van der Waals surface area contributed by atoms with Gasteiger partial charge in [-0.15, -0.1) is 0 Å². The van der Waals surface area contributed by atoms with Crippen LogP contribution in [0.1, 0.15) is 29.5 Å². The van der Waals surface area contributed by atoms with Crippen molar-refractivity contribution in [2.75, 3.05) is 5.32 Å². The summed E-state index contributed by atoms with van der Waals surface area (Å²) in [6, 6.07) is 13.8. The lowest BCUT2D eigenvalue weighted by atomic mass is 10.0. The normalized spacial score (nSPS) is 12.0. The summed E-state index contributed by atoms with van der Waals surface area (Å²) in [4.78, 5) is 12.3. The van der Waals surface area contributed by atoms with Crippen LogP contribution in [0.15, 0.2) is 46.9 Å². The summed E-state index contributed by atoms with van der Waals surface area (Å²) >= 11 is 3.50. The molecule has 1 N–H and O–H groups in total. The van der Waals surface area contributed by atoms with Gasteiger partial charge in [-0.1, -0.05) is 30.3 Å². The number of carbonyl (C=O) groups is 1. The number of nitrogens with one attached hydrogen (secondary N) is 1. The maximum Gasteiger partial charge on any atom is 0.231 e. The third kappa shape index (κ3) is 3.28. The van der Waals surface area contributed by atoms with Crippen molar-refractivity contribution in [1.29, 1.82) is 0 Å². The van der Waals surface area contributed by atoms with Crippen molar-refractivity contribution in [3.8, 4) is 0 Å². The number of hydrogen-bond acceptors (Lipinski definition) is 1. The third-order valence-corrected chi connectivity index (χ3v) is 4.19. The number of carbonyl (C=O) groups excluding carboxylic acids is 1. The van der Waals surface area contributed by atoms with Crippen LogP contribution < -0.4 is 5.32 Å². The summed E-state index contributed by atoms with van der Waals surface area (Å²) in [7, 11) is 0. The molecule has 0 aliphatic rings. The van der Waals surface area contributed by atoms with Gasteiger partial charge in [0.15, 0.2) is 0 Å². The molecule has 0 fully saturated rings. The molecule has 0 aliphatic heterocycles. The second-order valence-corrected chi connectivity index (χ2v) is 5.89. The molecule has 2 rings (SSSR count). The summed E-state index contributed by atoms with van der Waals surface area (Å²) in [6.45, 7) is 6.01. The summed E-state index contributed by atoms with van der Waals surface area (Å²) in [5.41, 5.74) is 4.20. The van der Waals surface area contributed by atoms with Crippen LogP contribution >= 0.6 is 15.9 Å². The van der Waals surface area contributed by atoms with E-state index < -0.39 is 0 Å². The second kappa shape index (κ2) is 6.23. The molecule has 0 saturated heterocycles. The fourth-order valence-corrected chi connectivity index (χ4v) is 2.57. The molecule has 104 valence electrons. The van der Waals surface area contributed by atoms with Gasteiger partial charge >= 0.3 is 0 Å². The SMILES string of the molecule is Cc1cc(Br)c(NC(=O)C(C)c2ccccc2)cc1C. The Morgan fingerprint density at radius 3 is 2.35 bits per heavy atom. The zero-order valence-electron chi connectivity index (χ0n) is 11.9. The molecule has 0 aliphatic carbocycles. The molecule has 0 spiro atoms. The topological polar surface area (TPSA) is 29.1 Å². The van der Waals surface area contributed by atoms with E-state index in [-0.39, 0.29) is 11.8 Å². The average molecular weight is 332 g/mol. The number of aryl methyl sites for hydroxylation is 2. The molecule has 0 bridgehead atoms. The van der Waals surface area contributed by atoms with E-state index in [0.29, 0.717) is 0 Å². The van der Waals surface area contributed by atoms with E-state index in [1.807, 2.05) is 56.3 Å². The molecule has 2 nitrogen and oxygen atoms in total. The van der Waals surface area contributed by atoms with Gasteiger partial charge < -0.3 is 5.32 Å². The first-order chi connectivity index (χ1) is 9.49. The van der Waals surface area contributed by atoms with Gasteiger partial charge in [0.1, 0.15) is 0 Å².